The Hall–Kier alpha value is -2.48. The lowest BCUT2D eigenvalue weighted by Crippen LogP contribution is -2.21. The maximum atomic E-state index is 12.4. The molecular formula is C20H19Cl2N3O. The van der Waals surface area contributed by atoms with E-state index in [1.54, 1.807) is 24.3 Å². The second kappa shape index (κ2) is 9.28. The zero-order valence-corrected chi connectivity index (χ0v) is 16.1. The van der Waals surface area contributed by atoms with E-state index < -0.39 is 5.91 Å². The Morgan fingerprint density at radius 1 is 1.15 bits per heavy atom. The van der Waals surface area contributed by atoms with Crippen LogP contribution in [0.1, 0.15) is 19.4 Å². The van der Waals surface area contributed by atoms with E-state index in [1.807, 2.05) is 30.3 Å². The van der Waals surface area contributed by atoms with Crippen molar-refractivity contribution >= 4 is 46.6 Å². The fourth-order valence-electron chi connectivity index (χ4n) is 2.48. The first-order chi connectivity index (χ1) is 12.5. The third-order valence-electron chi connectivity index (χ3n) is 3.90. The van der Waals surface area contributed by atoms with E-state index in [-0.39, 0.29) is 10.6 Å². The van der Waals surface area contributed by atoms with E-state index >= 15 is 0 Å². The minimum atomic E-state index is -0.538. The maximum absolute atomic E-state index is 12.4. The molecule has 2 aromatic carbocycles. The Balaban J connectivity index is 2.20. The second-order valence-electron chi connectivity index (χ2n) is 5.49. The van der Waals surface area contributed by atoms with Gasteiger partial charge in [0, 0.05) is 18.8 Å². The lowest BCUT2D eigenvalue weighted by atomic mass is 10.1. The number of nitrogens with one attached hydrogen (secondary N) is 1. The topological polar surface area (TPSA) is 56.1 Å². The summed E-state index contributed by atoms with van der Waals surface area (Å²) in [5, 5.41) is 12.5. The number of carbonyl (C=O) groups excluding carboxylic acids is 1. The van der Waals surface area contributed by atoms with Crippen molar-refractivity contribution in [3.63, 3.8) is 0 Å². The Morgan fingerprint density at radius 3 is 2.38 bits per heavy atom. The van der Waals surface area contributed by atoms with E-state index in [4.69, 9.17) is 23.2 Å². The molecule has 0 radical (unpaired) electrons. The molecule has 6 heteroatoms. The molecule has 1 N–H and O–H groups in total. The highest BCUT2D eigenvalue weighted by molar-refractivity contribution is 6.44. The molecule has 134 valence electrons. The van der Waals surface area contributed by atoms with Crippen LogP contribution in [0.5, 0.6) is 0 Å². The summed E-state index contributed by atoms with van der Waals surface area (Å²) in [6, 6.07) is 14.5. The van der Waals surface area contributed by atoms with Gasteiger partial charge in [0.15, 0.2) is 0 Å². The minimum absolute atomic E-state index is 0.0170. The van der Waals surface area contributed by atoms with Gasteiger partial charge in [0.25, 0.3) is 5.91 Å². The third-order valence-corrected chi connectivity index (χ3v) is 4.72. The van der Waals surface area contributed by atoms with Gasteiger partial charge in [-0.3, -0.25) is 4.79 Å². The average molecular weight is 388 g/mol. The van der Waals surface area contributed by atoms with Gasteiger partial charge in [0.1, 0.15) is 11.6 Å². The van der Waals surface area contributed by atoms with E-state index in [1.165, 1.54) is 0 Å². The normalized spacial score (nSPS) is 11.0. The zero-order valence-electron chi connectivity index (χ0n) is 14.6. The van der Waals surface area contributed by atoms with E-state index in [2.05, 4.69) is 24.1 Å². The van der Waals surface area contributed by atoms with Crippen molar-refractivity contribution in [2.75, 3.05) is 23.3 Å². The van der Waals surface area contributed by atoms with Crippen molar-refractivity contribution in [3.05, 3.63) is 63.6 Å². The molecule has 0 unspecified atom stereocenters. The highest BCUT2D eigenvalue weighted by atomic mass is 35.5. The summed E-state index contributed by atoms with van der Waals surface area (Å²) < 4.78 is 0. The SMILES string of the molecule is CCN(CC)c1ccc(/C=C(\C#N)C(=O)Nc2cccc(Cl)c2Cl)cc1. The van der Waals surface area contributed by atoms with Crippen LogP contribution < -0.4 is 10.2 Å². The molecule has 0 aromatic heterocycles. The monoisotopic (exact) mass is 387 g/mol. The molecule has 0 atom stereocenters. The van der Waals surface area contributed by atoms with Crippen molar-refractivity contribution in [1.82, 2.24) is 0 Å². The van der Waals surface area contributed by atoms with Crippen LogP contribution in [0.2, 0.25) is 10.0 Å². The Kier molecular flexibility index (Phi) is 7.08. The molecule has 0 heterocycles. The van der Waals surface area contributed by atoms with Crippen LogP contribution in [0.4, 0.5) is 11.4 Å². The van der Waals surface area contributed by atoms with Crippen molar-refractivity contribution in [1.29, 1.82) is 5.26 Å². The molecule has 0 aliphatic rings. The predicted octanol–water partition coefficient (Wildman–Crippen LogP) is 5.39. The van der Waals surface area contributed by atoms with Crippen LogP contribution in [0.25, 0.3) is 6.08 Å². The summed E-state index contributed by atoms with van der Waals surface area (Å²) in [4.78, 5) is 14.6. The Labute approximate surface area is 163 Å². The van der Waals surface area contributed by atoms with Gasteiger partial charge in [-0.15, -0.1) is 0 Å². The summed E-state index contributed by atoms with van der Waals surface area (Å²) in [7, 11) is 0. The molecule has 4 nitrogen and oxygen atoms in total. The maximum Gasteiger partial charge on any atom is 0.266 e. The largest absolute Gasteiger partial charge is 0.372 e. The van der Waals surface area contributed by atoms with Crippen molar-refractivity contribution in [3.8, 4) is 6.07 Å². The number of rotatable bonds is 6. The van der Waals surface area contributed by atoms with Crippen LogP contribution in [-0.4, -0.2) is 19.0 Å². The molecule has 1 amide bonds. The van der Waals surface area contributed by atoms with Gasteiger partial charge in [-0.2, -0.15) is 5.26 Å². The molecule has 0 saturated carbocycles. The number of hydrogen-bond acceptors (Lipinski definition) is 3. The average Bonchev–Trinajstić information content (AvgIpc) is 2.65. The fraction of sp³-hybridized carbons (Fsp3) is 0.200. The first kappa shape index (κ1) is 19.8. The number of nitriles is 1. The van der Waals surface area contributed by atoms with Crippen LogP contribution in [0, 0.1) is 11.3 Å². The van der Waals surface area contributed by atoms with Crippen molar-refractivity contribution in [2.45, 2.75) is 13.8 Å². The number of benzene rings is 2. The van der Waals surface area contributed by atoms with Crippen LogP contribution in [0.15, 0.2) is 48.0 Å². The van der Waals surface area contributed by atoms with Gasteiger partial charge in [-0.25, -0.2) is 0 Å². The number of carbonyl (C=O) groups is 1. The first-order valence-corrected chi connectivity index (χ1v) is 8.97. The van der Waals surface area contributed by atoms with Crippen molar-refractivity contribution < 1.29 is 4.79 Å². The van der Waals surface area contributed by atoms with Crippen LogP contribution >= 0.6 is 23.2 Å². The van der Waals surface area contributed by atoms with Gasteiger partial charge in [-0.05, 0) is 49.8 Å². The van der Waals surface area contributed by atoms with Gasteiger partial charge < -0.3 is 10.2 Å². The highest BCUT2D eigenvalue weighted by Gasteiger charge is 2.13. The molecule has 0 aliphatic heterocycles. The van der Waals surface area contributed by atoms with Gasteiger partial charge in [0.05, 0.1) is 15.7 Å². The molecule has 2 rings (SSSR count). The van der Waals surface area contributed by atoms with E-state index in [9.17, 15) is 10.1 Å². The lowest BCUT2D eigenvalue weighted by molar-refractivity contribution is -0.112. The molecule has 0 fully saturated rings. The Morgan fingerprint density at radius 2 is 1.81 bits per heavy atom. The zero-order chi connectivity index (χ0) is 19.1. The fourth-order valence-corrected chi connectivity index (χ4v) is 2.82. The summed E-state index contributed by atoms with van der Waals surface area (Å²) in [5.41, 5.74) is 2.21. The van der Waals surface area contributed by atoms with Gasteiger partial charge in [0.2, 0.25) is 0 Å². The highest BCUT2D eigenvalue weighted by Crippen LogP contribution is 2.29. The second-order valence-corrected chi connectivity index (χ2v) is 6.27. The molecule has 0 saturated heterocycles. The van der Waals surface area contributed by atoms with Gasteiger partial charge in [-0.1, -0.05) is 41.4 Å². The summed E-state index contributed by atoms with van der Waals surface area (Å²) in [5.74, 6) is -0.538. The number of anilines is 2. The number of amides is 1. The number of halogens is 2. The quantitative estimate of drug-likeness (QED) is 0.534. The van der Waals surface area contributed by atoms with Crippen LogP contribution in [-0.2, 0) is 4.79 Å². The van der Waals surface area contributed by atoms with Crippen LogP contribution in [0.3, 0.4) is 0 Å². The first-order valence-electron chi connectivity index (χ1n) is 8.22. The Bertz CT molecular complexity index is 850. The summed E-state index contributed by atoms with van der Waals surface area (Å²) >= 11 is 12.0. The number of nitrogens with zero attached hydrogens (tertiary/aromatic N) is 2. The van der Waals surface area contributed by atoms with E-state index in [0.717, 1.165) is 24.3 Å². The standard InChI is InChI=1S/C20H19Cl2N3O/c1-3-25(4-2)16-10-8-14(9-11-16)12-15(13-23)20(26)24-18-7-5-6-17(21)19(18)22/h5-12H,3-4H2,1-2H3,(H,24,26)/b15-12+. The summed E-state index contributed by atoms with van der Waals surface area (Å²) in [6.07, 6.45) is 1.54. The summed E-state index contributed by atoms with van der Waals surface area (Å²) in [6.45, 7) is 6.02. The molecule has 26 heavy (non-hydrogen) atoms. The lowest BCUT2D eigenvalue weighted by Gasteiger charge is -2.20. The minimum Gasteiger partial charge on any atom is -0.372 e. The number of hydrogen-bond donors (Lipinski definition) is 1. The van der Waals surface area contributed by atoms with Gasteiger partial charge >= 0.3 is 0 Å². The van der Waals surface area contributed by atoms with E-state index in [0.29, 0.717) is 10.7 Å². The predicted molar refractivity (Wildman–Crippen MR) is 109 cm³/mol. The smallest absolute Gasteiger partial charge is 0.266 e. The molecule has 0 spiro atoms. The molecule has 0 aliphatic carbocycles. The molecule has 2 aromatic rings. The molecular weight excluding hydrogens is 369 g/mol. The molecule has 0 bridgehead atoms. The van der Waals surface area contributed by atoms with Crippen molar-refractivity contribution in [2.24, 2.45) is 0 Å². The third kappa shape index (κ3) is 4.78.